The van der Waals surface area contributed by atoms with Crippen molar-refractivity contribution in [3.05, 3.63) is 23.8 Å². The predicted octanol–water partition coefficient (Wildman–Crippen LogP) is 2.11. The van der Waals surface area contributed by atoms with Crippen LogP contribution in [0.4, 0.5) is 11.4 Å². The molecule has 0 unspecified atom stereocenters. The number of carbonyl (C=O) groups is 1. The summed E-state index contributed by atoms with van der Waals surface area (Å²) in [6.07, 6.45) is 0. The Hall–Kier alpha value is -1.59. The van der Waals surface area contributed by atoms with E-state index in [0.717, 1.165) is 37.4 Å². The Kier molecular flexibility index (Phi) is 6.21. The zero-order chi connectivity index (χ0) is 15.9. The maximum atomic E-state index is 12.2. The fourth-order valence-corrected chi connectivity index (χ4v) is 2.73. The molecular formula is C17H27N3O2. The summed E-state index contributed by atoms with van der Waals surface area (Å²) >= 11 is 0. The minimum Gasteiger partial charge on any atom is -0.379 e. The minimum absolute atomic E-state index is 0.0422. The van der Waals surface area contributed by atoms with Crippen LogP contribution in [0.3, 0.4) is 0 Å². The maximum absolute atomic E-state index is 12.2. The van der Waals surface area contributed by atoms with Gasteiger partial charge in [-0.2, -0.15) is 0 Å². The number of rotatable bonds is 6. The van der Waals surface area contributed by atoms with E-state index in [-0.39, 0.29) is 5.91 Å². The van der Waals surface area contributed by atoms with E-state index in [0.29, 0.717) is 19.8 Å². The third kappa shape index (κ3) is 4.45. The number of hydrogen-bond acceptors (Lipinski definition) is 4. The molecule has 0 aliphatic carbocycles. The molecule has 1 aliphatic heterocycles. The summed E-state index contributed by atoms with van der Waals surface area (Å²) in [5.74, 6) is 0.0422. The lowest BCUT2D eigenvalue weighted by Gasteiger charge is -2.26. The lowest BCUT2D eigenvalue weighted by Crippen LogP contribution is -2.41. The van der Waals surface area contributed by atoms with Gasteiger partial charge in [0, 0.05) is 37.6 Å². The molecule has 5 heteroatoms. The quantitative estimate of drug-likeness (QED) is 0.874. The van der Waals surface area contributed by atoms with Crippen LogP contribution in [0.15, 0.2) is 18.2 Å². The van der Waals surface area contributed by atoms with Crippen molar-refractivity contribution in [3.8, 4) is 0 Å². The Morgan fingerprint density at radius 3 is 2.55 bits per heavy atom. The first-order valence-corrected chi connectivity index (χ1v) is 8.09. The molecule has 22 heavy (non-hydrogen) atoms. The highest BCUT2D eigenvalue weighted by atomic mass is 16.5. The van der Waals surface area contributed by atoms with Gasteiger partial charge in [-0.25, -0.2) is 0 Å². The Bertz CT molecular complexity index is 495. The Morgan fingerprint density at radius 1 is 1.27 bits per heavy atom. The van der Waals surface area contributed by atoms with Gasteiger partial charge in [0.05, 0.1) is 19.8 Å². The topological polar surface area (TPSA) is 44.8 Å². The van der Waals surface area contributed by atoms with E-state index in [2.05, 4.69) is 41.1 Å². The van der Waals surface area contributed by atoms with Gasteiger partial charge in [-0.1, -0.05) is 0 Å². The molecule has 0 spiro atoms. The van der Waals surface area contributed by atoms with Crippen LogP contribution in [0, 0.1) is 6.92 Å². The van der Waals surface area contributed by atoms with E-state index in [1.165, 1.54) is 5.69 Å². The number of nitrogens with one attached hydrogen (secondary N) is 1. The summed E-state index contributed by atoms with van der Waals surface area (Å²) in [5, 5.41) is 3.02. The molecule has 0 atom stereocenters. The number of anilines is 2. The standard InChI is InChI=1S/C17H27N3O2/c1-4-20(5-2)15-6-7-16(14(3)12-15)18-17(21)13-19-8-10-22-11-9-19/h6-7,12H,4-5,8-11,13H2,1-3H3,(H,18,21). The highest BCUT2D eigenvalue weighted by Crippen LogP contribution is 2.22. The number of morpholine rings is 1. The largest absolute Gasteiger partial charge is 0.379 e. The summed E-state index contributed by atoms with van der Waals surface area (Å²) in [6, 6.07) is 6.21. The fourth-order valence-electron chi connectivity index (χ4n) is 2.73. The molecule has 1 aromatic rings. The van der Waals surface area contributed by atoms with Gasteiger partial charge >= 0.3 is 0 Å². The summed E-state index contributed by atoms with van der Waals surface area (Å²) in [6.45, 7) is 11.8. The molecule has 1 amide bonds. The molecule has 1 heterocycles. The summed E-state index contributed by atoms with van der Waals surface area (Å²) in [5.41, 5.74) is 3.20. The Labute approximate surface area is 133 Å². The van der Waals surface area contributed by atoms with Crippen molar-refractivity contribution in [2.45, 2.75) is 20.8 Å². The van der Waals surface area contributed by atoms with Gasteiger partial charge in [-0.15, -0.1) is 0 Å². The van der Waals surface area contributed by atoms with Gasteiger partial charge in [-0.05, 0) is 44.5 Å². The monoisotopic (exact) mass is 305 g/mol. The second kappa shape index (κ2) is 8.15. The second-order valence-corrected chi connectivity index (χ2v) is 5.61. The molecule has 122 valence electrons. The highest BCUT2D eigenvalue weighted by molar-refractivity contribution is 5.93. The van der Waals surface area contributed by atoms with Gasteiger partial charge in [-0.3, -0.25) is 9.69 Å². The third-order valence-corrected chi connectivity index (χ3v) is 4.08. The first-order chi connectivity index (χ1) is 10.6. The van der Waals surface area contributed by atoms with E-state index in [4.69, 9.17) is 4.74 Å². The van der Waals surface area contributed by atoms with E-state index in [1.54, 1.807) is 0 Å². The molecule has 1 saturated heterocycles. The molecule has 2 rings (SSSR count). The van der Waals surface area contributed by atoms with Crippen molar-refractivity contribution in [3.63, 3.8) is 0 Å². The van der Waals surface area contributed by atoms with E-state index in [1.807, 2.05) is 13.0 Å². The number of carbonyl (C=O) groups excluding carboxylic acids is 1. The molecule has 0 aromatic heterocycles. The molecule has 5 nitrogen and oxygen atoms in total. The number of ether oxygens (including phenoxy) is 1. The molecule has 0 radical (unpaired) electrons. The minimum atomic E-state index is 0.0422. The third-order valence-electron chi connectivity index (χ3n) is 4.08. The van der Waals surface area contributed by atoms with Crippen LogP contribution in [0.25, 0.3) is 0 Å². The van der Waals surface area contributed by atoms with Crippen LogP contribution in [0.5, 0.6) is 0 Å². The molecule has 1 N–H and O–H groups in total. The fraction of sp³-hybridized carbons (Fsp3) is 0.588. The average Bonchev–Trinajstić information content (AvgIpc) is 2.52. The lowest BCUT2D eigenvalue weighted by molar-refractivity contribution is -0.118. The Morgan fingerprint density at radius 2 is 1.95 bits per heavy atom. The molecule has 1 aliphatic rings. The van der Waals surface area contributed by atoms with Crippen molar-refractivity contribution in [1.29, 1.82) is 0 Å². The van der Waals surface area contributed by atoms with E-state index >= 15 is 0 Å². The van der Waals surface area contributed by atoms with Crippen LogP contribution in [-0.2, 0) is 9.53 Å². The van der Waals surface area contributed by atoms with Crippen molar-refractivity contribution in [2.75, 3.05) is 56.2 Å². The molecule has 1 aromatic carbocycles. The summed E-state index contributed by atoms with van der Waals surface area (Å²) in [7, 11) is 0. The predicted molar refractivity (Wildman–Crippen MR) is 90.6 cm³/mol. The SMILES string of the molecule is CCN(CC)c1ccc(NC(=O)CN2CCOCC2)c(C)c1. The first kappa shape index (κ1) is 16.8. The van der Waals surface area contributed by atoms with Crippen molar-refractivity contribution >= 4 is 17.3 Å². The van der Waals surface area contributed by atoms with Crippen LogP contribution < -0.4 is 10.2 Å². The van der Waals surface area contributed by atoms with Gasteiger partial charge in [0.15, 0.2) is 0 Å². The van der Waals surface area contributed by atoms with Crippen LogP contribution in [-0.4, -0.2) is 56.7 Å². The molecule has 1 fully saturated rings. The normalized spacial score (nSPS) is 15.6. The van der Waals surface area contributed by atoms with Gasteiger partial charge in [0.1, 0.15) is 0 Å². The summed E-state index contributed by atoms with van der Waals surface area (Å²) in [4.78, 5) is 16.6. The molecular weight excluding hydrogens is 278 g/mol. The zero-order valence-electron chi connectivity index (χ0n) is 13.9. The zero-order valence-corrected chi connectivity index (χ0v) is 13.9. The lowest BCUT2D eigenvalue weighted by atomic mass is 10.1. The number of nitrogens with zero attached hydrogens (tertiary/aromatic N) is 2. The highest BCUT2D eigenvalue weighted by Gasteiger charge is 2.15. The van der Waals surface area contributed by atoms with Crippen LogP contribution in [0.2, 0.25) is 0 Å². The van der Waals surface area contributed by atoms with Gasteiger partial charge in [0.2, 0.25) is 5.91 Å². The van der Waals surface area contributed by atoms with Crippen molar-refractivity contribution < 1.29 is 9.53 Å². The number of aryl methyl sites for hydroxylation is 1. The second-order valence-electron chi connectivity index (χ2n) is 5.61. The smallest absolute Gasteiger partial charge is 0.238 e. The molecule has 0 saturated carbocycles. The van der Waals surface area contributed by atoms with Crippen molar-refractivity contribution in [1.82, 2.24) is 4.90 Å². The van der Waals surface area contributed by atoms with E-state index in [9.17, 15) is 4.79 Å². The number of amides is 1. The number of hydrogen-bond donors (Lipinski definition) is 1. The van der Waals surface area contributed by atoms with E-state index < -0.39 is 0 Å². The van der Waals surface area contributed by atoms with Crippen LogP contribution in [0.1, 0.15) is 19.4 Å². The van der Waals surface area contributed by atoms with Gasteiger partial charge in [0.25, 0.3) is 0 Å². The van der Waals surface area contributed by atoms with Crippen molar-refractivity contribution in [2.24, 2.45) is 0 Å². The van der Waals surface area contributed by atoms with Gasteiger partial charge < -0.3 is 15.0 Å². The number of benzene rings is 1. The Balaban J connectivity index is 1.95. The van der Waals surface area contributed by atoms with Crippen LogP contribution >= 0.6 is 0 Å². The average molecular weight is 305 g/mol. The maximum Gasteiger partial charge on any atom is 0.238 e. The first-order valence-electron chi connectivity index (χ1n) is 8.09. The summed E-state index contributed by atoms with van der Waals surface area (Å²) < 4.78 is 5.30. The molecule has 0 bridgehead atoms.